The van der Waals surface area contributed by atoms with Crippen LogP contribution in [0.2, 0.25) is 0 Å². The summed E-state index contributed by atoms with van der Waals surface area (Å²) >= 11 is 0. The summed E-state index contributed by atoms with van der Waals surface area (Å²) in [4.78, 5) is 15.4. The predicted molar refractivity (Wildman–Crippen MR) is 65.4 cm³/mol. The third-order valence-electron chi connectivity index (χ3n) is 2.20. The van der Waals surface area contributed by atoms with Gasteiger partial charge in [-0.2, -0.15) is 0 Å². The molecule has 0 aliphatic rings. The first kappa shape index (κ1) is 13.6. The van der Waals surface area contributed by atoms with E-state index in [0.717, 1.165) is 18.5 Å². The van der Waals surface area contributed by atoms with Gasteiger partial charge in [-0.15, -0.1) is 0 Å². The van der Waals surface area contributed by atoms with Crippen molar-refractivity contribution in [3.05, 3.63) is 30.1 Å². The predicted octanol–water partition coefficient (Wildman–Crippen LogP) is 0.324. The van der Waals surface area contributed by atoms with Crippen molar-refractivity contribution < 1.29 is 9.53 Å². The van der Waals surface area contributed by atoms with E-state index in [1.165, 1.54) is 0 Å². The second kappa shape index (κ2) is 8.66. The smallest absolute Gasteiger partial charge is 0.234 e. The highest BCUT2D eigenvalue weighted by molar-refractivity contribution is 5.77. The summed E-state index contributed by atoms with van der Waals surface area (Å²) in [5, 5.41) is 5.87. The van der Waals surface area contributed by atoms with Crippen LogP contribution in [-0.2, 0) is 16.1 Å². The van der Waals surface area contributed by atoms with E-state index in [-0.39, 0.29) is 5.91 Å². The molecule has 0 unspecified atom stereocenters. The average Bonchev–Trinajstić information content (AvgIpc) is 2.37. The van der Waals surface area contributed by atoms with Crippen molar-refractivity contribution in [1.29, 1.82) is 0 Å². The van der Waals surface area contributed by atoms with Crippen molar-refractivity contribution in [3.63, 3.8) is 0 Å². The van der Waals surface area contributed by atoms with Crippen LogP contribution >= 0.6 is 0 Å². The van der Waals surface area contributed by atoms with E-state index in [4.69, 9.17) is 4.74 Å². The minimum atomic E-state index is -0.00808. The number of amides is 1. The van der Waals surface area contributed by atoms with Gasteiger partial charge in [-0.3, -0.25) is 9.78 Å². The molecule has 0 aliphatic heterocycles. The molecular formula is C12H19N3O2. The minimum Gasteiger partial charge on any atom is -0.385 e. The second-order valence-electron chi connectivity index (χ2n) is 3.66. The molecule has 0 spiro atoms. The number of carbonyl (C=O) groups is 1. The first-order valence-electron chi connectivity index (χ1n) is 5.68. The van der Waals surface area contributed by atoms with Crippen molar-refractivity contribution in [3.8, 4) is 0 Å². The zero-order valence-electron chi connectivity index (χ0n) is 10.1. The van der Waals surface area contributed by atoms with E-state index in [2.05, 4.69) is 15.6 Å². The van der Waals surface area contributed by atoms with Crippen molar-refractivity contribution in [2.75, 3.05) is 26.8 Å². The van der Waals surface area contributed by atoms with E-state index < -0.39 is 0 Å². The fourth-order valence-electron chi connectivity index (χ4n) is 1.31. The molecule has 1 amide bonds. The molecule has 0 saturated heterocycles. The molecule has 17 heavy (non-hydrogen) atoms. The molecule has 1 aromatic rings. The number of nitrogens with zero attached hydrogens (tertiary/aromatic N) is 1. The number of aromatic nitrogens is 1. The number of rotatable bonds is 8. The lowest BCUT2D eigenvalue weighted by Crippen LogP contribution is -2.34. The van der Waals surface area contributed by atoms with Crippen LogP contribution in [0.15, 0.2) is 24.5 Å². The quantitative estimate of drug-likeness (QED) is 0.639. The Labute approximate surface area is 102 Å². The number of ether oxygens (including phenoxy) is 1. The van der Waals surface area contributed by atoms with Gasteiger partial charge in [-0.1, -0.05) is 6.07 Å². The van der Waals surface area contributed by atoms with Gasteiger partial charge in [0, 0.05) is 32.7 Å². The average molecular weight is 237 g/mol. The van der Waals surface area contributed by atoms with Crippen LogP contribution in [0.3, 0.4) is 0 Å². The Balaban J connectivity index is 2.05. The molecule has 0 atom stereocenters. The van der Waals surface area contributed by atoms with E-state index in [9.17, 15) is 4.79 Å². The van der Waals surface area contributed by atoms with Gasteiger partial charge in [0.2, 0.25) is 5.91 Å². The molecule has 1 rings (SSSR count). The van der Waals surface area contributed by atoms with Gasteiger partial charge in [-0.25, -0.2) is 0 Å². The molecule has 2 N–H and O–H groups in total. The molecule has 5 nitrogen and oxygen atoms in total. The number of hydrogen-bond donors (Lipinski definition) is 2. The van der Waals surface area contributed by atoms with Crippen molar-refractivity contribution in [2.45, 2.75) is 13.0 Å². The lowest BCUT2D eigenvalue weighted by molar-refractivity contribution is -0.120. The monoisotopic (exact) mass is 237 g/mol. The summed E-state index contributed by atoms with van der Waals surface area (Å²) < 4.78 is 4.91. The summed E-state index contributed by atoms with van der Waals surface area (Å²) in [6, 6.07) is 3.78. The van der Waals surface area contributed by atoms with Crippen molar-refractivity contribution >= 4 is 5.91 Å². The van der Waals surface area contributed by atoms with E-state index in [1.54, 1.807) is 19.5 Å². The Hall–Kier alpha value is -1.46. The molecular weight excluding hydrogens is 218 g/mol. The first-order chi connectivity index (χ1) is 8.33. The van der Waals surface area contributed by atoms with Crippen LogP contribution < -0.4 is 10.6 Å². The Morgan fingerprint density at radius 2 is 2.41 bits per heavy atom. The molecule has 0 saturated carbocycles. The van der Waals surface area contributed by atoms with Crippen LogP contribution in [-0.4, -0.2) is 37.7 Å². The van der Waals surface area contributed by atoms with Gasteiger partial charge in [0.05, 0.1) is 6.54 Å². The van der Waals surface area contributed by atoms with Crippen LogP contribution in [0.5, 0.6) is 0 Å². The van der Waals surface area contributed by atoms with Crippen LogP contribution in [0.4, 0.5) is 0 Å². The topological polar surface area (TPSA) is 63.2 Å². The zero-order valence-corrected chi connectivity index (χ0v) is 10.1. The maximum Gasteiger partial charge on any atom is 0.234 e. The summed E-state index contributed by atoms with van der Waals surface area (Å²) in [7, 11) is 1.67. The highest BCUT2D eigenvalue weighted by Crippen LogP contribution is 1.93. The number of nitrogens with one attached hydrogen (secondary N) is 2. The van der Waals surface area contributed by atoms with Crippen LogP contribution in [0, 0.1) is 0 Å². The molecule has 0 aliphatic carbocycles. The first-order valence-corrected chi connectivity index (χ1v) is 5.68. The molecule has 0 aromatic carbocycles. The third kappa shape index (κ3) is 6.65. The number of hydrogen-bond acceptors (Lipinski definition) is 4. The number of carbonyl (C=O) groups excluding carboxylic acids is 1. The summed E-state index contributed by atoms with van der Waals surface area (Å²) in [6.45, 7) is 2.36. The summed E-state index contributed by atoms with van der Waals surface area (Å²) in [5.74, 6) is -0.00808. The highest BCUT2D eigenvalue weighted by atomic mass is 16.5. The molecule has 1 aromatic heterocycles. The second-order valence-corrected chi connectivity index (χ2v) is 3.66. The normalized spacial score (nSPS) is 10.2. The van der Waals surface area contributed by atoms with Crippen molar-refractivity contribution in [2.24, 2.45) is 0 Å². The lowest BCUT2D eigenvalue weighted by Gasteiger charge is -2.06. The molecule has 0 fully saturated rings. The Morgan fingerprint density at radius 1 is 1.53 bits per heavy atom. The van der Waals surface area contributed by atoms with E-state index in [0.29, 0.717) is 19.7 Å². The molecule has 5 heteroatoms. The number of pyridine rings is 1. The largest absolute Gasteiger partial charge is 0.385 e. The summed E-state index contributed by atoms with van der Waals surface area (Å²) in [5.41, 5.74) is 1.00. The minimum absolute atomic E-state index is 0.00808. The van der Waals surface area contributed by atoms with E-state index in [1.807, 2.05) is 12.1 Å². The molecule has 0 bridgehead atoms. The van der Waals surface area contributed by atoms with Crippen molar-refractivity contribution in [1.82, 2.24) is 15.6 Å². The van der Waals surface area contributed by atoms with E-state index >= 15 is 0 Å². The van der Waals surface area contributed by atoms with Crippen LogP contribution in [0.1, 0.15) is 12.0 Å². The highest BCUT2D eigenvalue weighted by Gasteiger charge is 2.00. The molecule has 94 valence electrons. The van der Waals surface area contributed by atoms with Gasteiger partial charge in [-0.05, 0) is 24.6 Å². The maximum atomic E-state index is 11.4. The zero-order chi connectivity index (χ0) is 12.3. The molecule has 0 radical (unpaired) electrons. The van der Waals surface area contributed by atoms with Gasteiger partial charge < -0.3 is 15.4 Å². The third-order valence-corrected chi connectivity index (χ3v) is 2.20. The summed E-state index contributed by atoms with van der Waals surface area (Å²) in [6.07, 6.45) is 4.36. The lowest BCUT2D eigenvalue weighted by atomic mass is 10.3. The van der Waals surface area contributed by atoms with Gasteiger partial charge in [0.1, 0.15) is 0 Å². The Bertz CT molecular complexity index is 317. The molecule has 1 heterocycles. The Kier molecular flexibility index (Phi) is 6.93. The fraction of sp³-hybridized carbons (Fsp3) is 0.500. The number of methoxy groups -OCH3 is 1. The standard InChI is InChI=1S/C12H19N3O2/c1-17-7-3-6-14-10-12(16)15-9-11-4-2-5-13-8-11/h2,4-5,8,14H,3,6-7,9-10H2,1H3,(H,15,16). The van der Waals surface area contributed by atoms with Gasteiger partial charge in [0.25, 0.3) is 0 Å². The SMILES string of the molecule is COCCCNCC(=O)NCc1cccnc1. The fourth-order valence-corrected chi connectivity index (χ4v) is 1.31. The maximum absolute atomic E-state index is 11.4. The van der Waals surface area contributed by atoms with Gasteiger partial charge >= 0.3 is 0 Å². The Morgan fingerprint density at radius 3 is 3.12 bits per heavy atom. The van der Waals surface area contributed by atoms with Crippen LogP contribution in [0.25, 0.3) is 0 Å². The van der Waals surface area contributed by atoms with Gasteiger partial charge in [0.15, 0.2) is 0 Å².